The highest BCUT2D eigenvalue weighted by Gasteiger charge is 2.30. The summed E-state index contributed by atoms with van der Waals surface area (Å²) in [6.07, 6.45) is 0. The lowest BCUT2D eigenvalue weighted by Crippen LogP contribution is -2.22. The summed E-state index contributed by atoms with van der Waals surface area (Å²) in [7, 11) is 0. The van der Waals surface area contributed by atoms with Crippen molar-refractivity contribution in [3.05, 3.63) is 40.3 Å². The molecule has 1 aromatic carbocycles. The van der Waals surface area contributed by atoms with E-state index in [0.717, 1.165) is 0 Å². The van der Waals surface area contributed by atoms with Crippen LogP contribution in [0.5, 0.6) is 0 Å². The number of rotatable bonds is 2. The SMILES string of the molecule is [N-]=[N+]=Nc1ccc(C2NC(=O)NC2=O)cc1. The summed E-state index contributed by atoms with van der Waals surface area (Å²) in [5.41, 5.74) is 9.31. The molecule has 1 atom stereocenters. The Hall–Kier alpha value is -2.53. The predicted molar refractivity (Wildman–Crippen MR) is 54.7 cm³/mol. The molecule has 1 heterocycles. The lowest BCUT2D eigenvalue weighted by Gasteiger charge is -2.06. The molecule has 1 aliphatic heterocycles. The maximum Gasteiger partial charge on any atom is 0.322 e. The minimum absolute atomic E-state index is 0.387. The van der Waals surface area contributed by atoms with E-state index in [4.69, 9.17) is 5.53 Å². The minimum atomic E-state index is -0.674. The number of nitrogens with zero attached hydrogens (tertiary/aromatic N) is 3. The number of urea groups is 1. The average molecular weight is 217 g/mol. The molecule has 1 aromatic rings. The lowest BCUT2D eigenvalue weighted by atomic mass is 10.1. The molecular weight excluding hydrogens is 210 g/mol. The fourth-order valence-corrected chi connectivity index (χ4v) is 1.44. The first kappa shape index (κ1) is 10.0. The Morgan fingerprint density at radius 1 is 1.25 bits per heavy atom. The summed E-state index contributed by atoms with van der Waals surface area (Å²) in [6.45, 7) is 0. The van der Waals surface area contributed by atoms with Gasteiger partial charge in [-0.1, -0.05) is 29.4 Å². The summed E-state index contributed by atoms with van der Waals surface area (Å²) in [6, 6.07) is 5.22. The van der Waals surface area contributed by atoms with Gasteiger partial charge in [-0.2, -0.15) is 0 Å². The molecule has 0 spiro atoms. The fourth-order valence-electron chi connectivity index (χ4n) is 1.44. The number of azide groups is 1. The molecule has 2 N–H and O–H groups in total. The third-order valence-electron chi connectivity index (χ3n) is 2.16. The zero-order chi connectivity index (χ0) is 11.5. The van der Waals surface area contributed by atoms with E-state index >= 15 is 0 Å². The molecule has 1 fully saturated rings. The molecule has 1 unspecified atom stereocenters. The van der Waals surface area contributed by atoms with Crippen molar-refractivity contribution in [1.82, 2.24) is 10.6 Å². The predicted octanol–water partition coefficient (Wildman–Crippen LogP) is 1.51. The number of nitrogens with one attached hydrogen (secondary N) is 2. The Kier molecular flexibility index (Phi) is 2.45. The van der Waals surface area contributed by atoms with Gasteiger partial charge < -0.3 is 5.32 Å². The highest BCUT2D eigenvalue weighted by Crippen LogP contribution is 2.20. The molecule has 0 bridgehead atoms. The van der Waals surface area contributed by atoms with Crippen molar-refractivity contribution in [2.45, 2.75) is 6.04 Å². The Bertz CT molecular complexity index is 489. The second kappa shape index (κ2) is 3.92. The van der Waals surface area contributed by atoms with Crippen LogP contribution in [0.4, 0.5) is 10.5 Å². The van der Waals surface area contributed by atoms with Crippen molar-refractivity contribution in [1.29, 1.82) is 0 Å². The smallest absolute Gasteiger partial charge is 0.322 e. The number of benzene rings is 1. The topological polar surface area (TPSA) is 107 Å². The minimum Gasteiger partial charge on any atom is -0.322 e. The second-order valence-corrected chi connectivity index (χ2v) is 3.18. The quantitative estimate of drug-likeness (QED) is 0.339. The molecule has 80 valence electrons. The molecule has 1 saturated heterocycles. The Morgan fingerprint density at radius 2 is 1.94 bits per heavy atom. The van der Waals surface area contributed by atoms with Crippen LogP contribution in [0.15, 0.2) is 29.4 Å². The number of carbonyl (C=O) groups excluding carboxylic acids is 2. The molecule has 1 aliphatic rings. The Labute approximate surface area is 90.1 Å². The highest BCUT2D eigenvalue weighted by atomic mass is 16.2. The fraction of sp³-hybridized carbons (Fsp3) is 0.111. The number of imide groups is 1. The standard InChI is InChI=1S/C9H7N5O2/c10-14-13-6-3-1-5(2-4-6)7-8(15)12-9(16)11-7/h1-4,7H,(H2,11,12,15,16). The summed E-state index contributed by atoms with van der Waals surface area (Å²) in [5.74, 6) is -0.387. The van der Waals surface area contributed by atoms with Crippen molar-refractivity contribution in [2.24, 2.45) is 5.11 Å². The summed E-state index contributed by atoms with van der Waals surface area (Å²) >= 11 is 0. The summed E-state index contributed by atoms with van der Waals surface area (Å²) in [4.78, 5) is 24.9. The number of hydrogen-bond acceptors (Lipinski definition) is 3. The van der Waals surface area contributed by atoms with Gasteiger partial charge in [0.2, 0.25) is 0 Å². The molecular formula is C9H7N5O2. The van der Waals surface area contributed by atoms with E-state index < -0.39 is 12.1 Å². The molecule has 2 rings (SSSR count). The monoisotopic (exact) mass is 217 g/mol. The summed E-state index contributed by atoms with van der Waals surface area (Å²) in [5, 5.41) is 8.00. The van der Waals surface area contributed by atoms with Crippen LogP contribution in [-0.4, -0.2) is 11.9 Å². The maximum atomic E-state index is 11.3. The van der Waals surface area contributed by atoms with Crippen LogP contribution in [0.2, 0.25) is 0 Å². The molecule has 0 saturated carbocycles. The molecule has 7 heteroatoms. The van der Waals surface area contributed by atoms with E-state index in [0.29, 0.717) is 11.3 Å². The van der Waals surface area contributed by atoms with Gasteiger partial charge >= 0.3 is 6.03 Å². The van der Waals surface area contributed by atoms with E-state index in [-0.39, 0.29) is 5.91 Å². The zero-order valence-electron chi connectivity index (χ0n) is 8.04. The van der Waals surface area contributed by atoms with E-state index in [1.165, 1.54) is 0 Å². The van der Waals surface area contributed by atoms with E-state index in [1.54, 1.807) is 24.3 Å². The molecule has 0 aromatic heterocycles. The Balaban J connectivity index is 2.25. The molecule has 7 nitrogen and oxygen atoms in total. The number of hydrogen-bond donors (Lipinski definition) is 2. The maximum absolute atomic E-state index is 11.3. The van der Waals surface area contributed by atoms with Crippen LogP contribution in [0.25, 0.3) is 10.4 Å². The first-order chi connectivity index (χ1) is 7.70. The molecule has 3 amide bonds. The average Bonchev–Trinajstić information content (AvgIpc) is 2.59. The van der Waals surface area contributed by atoms with Gasteiger partial charge in [0.1, 0.15) is 6.04 Å². The first-order valence-electron chi connectivity index (χ1n) is 4.47. The van der Waals surface area contributed by atoms with Crippen LogP contribution in [0.3, 0.4) is 0 Å². The van der Waals surface area contributed by atoms with Crippen molar-refractivity contribution in [2.75, 3.05) is 0 Å². The van der Waals surface area contributed by atoms with Gasteiger partial charge in [0.25, 0.3) is 5.91 Å². The van der Waals surface area contributed by atoms with Crippen LogP contribution in [0.1, 0.15) is 11.6 Å². The third-order valence-corrected chi connectivity index (χ3v) is 2.16. The van der Waals surface area contributed by atoms with Crippen LogP contribution < -0.4 is 10.6 Å². The van der Waals surface area contributed by atoms with Crippen LogP contribution >= 0.6 is 0 Å². The molecule has 0 radical (unpaired) electrons. The summed E-state index contributed by atoms with van der Waals surface area (Å²) < 4.78 is 0. The van der Waals surface area contributed by atoms with Crippen molar-refractivity contribution < 1.29 is 9.59 Å². The Morgan fingerprint density at radius 3 is 2.44 bits per heavy atom. The van der Waals surface area contributed by atoms with Crippen molar-refractivity contribution >= 4 is 17.6 Å². The van der Waals surface area contributed by atoms with Crippen molar-refractivity contribution in [3.8, 4) is 0 Å². The highest BCUT2D eigenvalue weighted by molar-refractivity contribution is 6.04. The number of amides is 3. The normalized spacial score (nSPS) is 18.6. The van der Waals surface area contributed by atoms with Gasteiger partial charge in [-0.3, -0.25) is 10.1 Å². The first-order valence-corrected chi connectivity index (χ1v) is 4.47. The van der Waals surface area contributed by atoms with E-state index in [2.05, 4.69) is 20.7 Å². The lowest BCUT2D eigenvalue weighted by molar-refractivity contribution is -0.120. The van der Waals surface area contributed by atoms with Gasteiger partial charge in [-0.05, 0) is 11.1 Å². The van der Waals surface area contributed by atoms with Gasteiger partial charge in [-0.15, -0.1) is 0 Å². The van der Waals surface area contributed by atoms with Crippen molar-refractivity contribution in [3.63, 3.8) is 0 Å². The van der Waals surface area contributed by atoms with Gasteiger partial charge in [0.05, 0.1) is 0 Å². The largest absolute Gasteiger partial charge is 0.322 e. The van der Waals surface area contributed by atoms with Gasteiger partial charge in [0, 0.05) is 10.6 Å². The van der Waals surface area contributed by atoms with Gasteiger partial charge in [0.15, 0.2) is 0 Å². The molecule has 0 aliphatic carbocycles. The van der Waals surface area contributed by atoms with E-state index in [9.17, 15) is 9.59 Å². The van der Waals surface area contributed by atoms with E-state index in [1.807, 2.05) is 0 Å². The molecule has 16 heavy (non-hydrogen) atoms. The van der Waals surface area contributed by atoms with Crippen LogP contribution in [-0.2, 0) is 4.79 Å². The third kappa shape index (κ3) is 1.79. The second-order valence-electron chi connectivity index (χ2n) is 3.18. The zero-order valence-corrected chi connectivity index (χ0v) is 8.04. The van der Waals surface area contributed by atoms with Crippen LogP contribution in [0, 0.1) is 0 Å². The number of carbonyl (C=O) groups is 2. The van der Waals surface area contributed by atoms with Gasteiger partial charge in [-0.25, -0.2) is 4.79 Å².